The number of nitrogens with one attached hydrogen (secondary N) is 2. The van der Waals surface area contributed by atoms with Gasteiger partial charge in [0.1, 0.15) is 5.75 Å². The van der Waals surface area contributed by atoms with Crippen molar-refractivity contribution in [3.63, 3.8) is 0 Å². The summed E-state index contributed by atoms with van der Waals surface area (Å²) >= 11 is 0. The van der Waals surface area contributed by atoms with E-state index in [1.54, 1.807) is 55.9 Å². The first-order valence-corrected chi connectivity index (χ1v) is 6.83. The van der Waals surface area contributed by atoms with Gasteiger partial charge in [0, 0.05) is 18.9 Å². The van der Waals surface area contributed by atoms with E-state index in [2.05, 4.69) is 20.8 Å². The van der Waals surface area contributed by atoms with Crippen LogP contribution in [0.5, 0.6) is 5.75 Å². The lowest BCUT2D eigenvalue weighted by Gasteiger charge is -2.03. The number of benzene rings is 1. The van der Waals surface area contributed by atoms with E-state index in [1.165, 1.54) is 6.21 Å². The van der Waals surface area contributed by atoms with E-state index in [0.29, 0.717) is 0 Å². The van der Waals surface area contributed by atoms with Crippen molar-refractivity contribution in [3.05, 3.63) is 59.9 Å². The first-order valence-electron chi connectivity index (χ1n) is 6.83. The summed E-state index contributed by atoms with van der Waals surface area (Å²) in [7, 11) is 1.58. The highest BCUT2D eigenvalue weighted by molar-refractivity contribution is 6.35. The highest BCUT2D eigenvalue weighted by Crippen LogP contribution is 2.09. The minimum Gasteiger partial charge on any atom is -0.497 e. The molecule has 1 heterocycles. The van der Waals surface area contributed by atoms with Crippen LogP contribution in [-0.4, -0.2) is 30.1 Å². The molecule has 2 aromatic rings. The molecule has 0 atom stereocenters. The number of hydrazone groups is 1. The SMILES string of the molecule is COc1ccc(/C=N\NC(=O)C(=O)NCc2cccnc2)cc1. The Hall–Kier alpha value is -3.22. The number of rotatable bonds is 5. The number of hydrogen-bond acceptors (Lipinski definition) is 5. The third-order valence-electron chi connectivity index (χ3n) is 2.88. The van der Waals surface area contributed by atoms with E-state index >= 15 is 0 Å². The van der Waals surface area contributed by atoms with E-state index in [0.717, 1.165) is 16.9 Å². The number of carbonyl (C=O) groups excluding carboxylic acids is 2. The largest absolute Gasteiger partial charge is 0.497 e. The number of pyridine rings is 1. The third kappa shape index (κ3) is 5.24. The lowest BCUT2D eigenvalue weighted by Crippen LogP contribution is -2.37. The molecule has 2 rings (SSSR count). The lowest BCUT2D eigenvalue weighted by molar-refractivity contribution is -0.139. The van der Waals surface area contributed by atoms with Crippen molar-refractivity contribution in [2.24, 2.45) is 5.10 Å². The summed E-state index contributed by atoms with van der Waals surface area (Å²) in [6, 6.07) is 10.6. The zero-order chi connectivity index (χ0) is 16.5. The molecule has 118 valence electrons. The van der Waals surface area contributed by atoms with Crippen LogP contribution >= 0.6 is 0 Å². The fourth-order valence-corrected chi connectivity index (χ4v) is 1.67. The predicted octanol–water partition coefficient (Wildman–Crippen LogP) is 0.857. The number of methoxy groups -OCH3 is 1. The first-order chi connectivity index (χ1) is 11.2. The van der Waals surface area contributed by atoms with E-state index in [9.17, 15) is 9.59 Å². The molecule has 7 heteroatoms. The highest BCUT2D eigenvalue weighted by Gasteiger charge is 2.11. The van der Waals surface area contributed by atoms with Crippen LogP contribution in [0.1, 0.15) is 11.1 Å². The van der Waals surface area contributed by atoms with Gasteiger partial charge in [-0.15, -0.1) is 0 Å². The van der Waals surface area contributed by atoms with E-state index in [1.807, 2.05) is 0 Å². The fraction of sp³-hybridized carbons (Fsp3) is 0.125. The smallest absolute Gasteiger partial charge is 0.329 e. The van der Waals surface area contributed by atoms with Crippen LogP contribution in [0.3, 0.4) is 0 Å². The van der Waals surface area contributed by atoms with Gasteiger partial charge in [-0.3, -0.25) is 14.6 Å². The Bertz CT molecular complexity index is 684. The van der Waals surface area contributed by atoms with Crippen LogP contribution in [0.15, 0.2) is 53.9 Å². The summed E-state index contributed by atoms with van der Waals surface area (Å²) in [4.78, 5) is 27.1. The zero-order valence-electron chi connectivity index (χ0n) is 12.5. The number of amides is 2. The zero-order valence-corrected chi connectivity index (χ0v) is 12.5. The minimum atomic E-state index is -0.835. The van der Waals surface area contributed by atoms with Gasteiger partial charge in [0.15, 0.2) is 0 Å². The van der Waals surface area contributed by atoms with Gasteiger partial charge in [0.25, 0.3) is 0 Å². The number of nitrogens with zero attached hydrogens (tertiary/aromatic N) is 2. The second kappa shape index (κ2) is 8.28. The van der Waals surface area contributed by atoms with Gasteiger partial charge < -0.3 is 10.1 Å². The molecule has 2 N–H and O–H groups in total. The lowest BCUT2D eigenvalue weighted by atomic mass is 10.2. The first kappa shape index (κ1) is 16.2. The van der Waals surface area contributed by atoms with Gasteiger partial charge in [0.2, 0.25) is 0 Å². The van der Waals surface area contributed by atoms with Crippen molar-refractivity contribution in [1.82, 2.24) is 15.7 Å². The second-order valence-corrected chi connectivity index (χ2v) is 4.52. The summed E-state index contributed by atoms with van der Waals surface area (Å²) in [5.41, 5.74) is 3.73. The topological polar surface area (TPSA) is 92.7 Å². The van der Waals surface area contributed by atoms with Crippen LogP contribution in [0.2, 0.25) is 0 Å². The highest BCUT2D eigenvalue weighted by atomic mass is 16.5. The van der Waals surface area contributed by atoms with Gasteiger partial charge in [-0.1, -0.05) is 6.07 Å². The second-order valence-electron chi connectivity index (χ2n) is 4.52. The summed E-state index contributed by atoms with van der Waals surface area (Å²) in [6.07, 6.45) is 4.68. The Morgan fingerprint density at radius 1 is 1.22 bits per heavy atom. The summed E-state index contributed by atoms with van der Waals surface area (Å²) in [6.45, 7) is 0.224. The molecule has 0 aliphatic carbocycles. The molecule has 0 saturated carbocycles. The standard InChI is InChI=1S/C16H16N4O3/c1-23-14-6-4-12(5-7-14)11-19-20-16(22)15(21)18-10-13-3-2-8-17-9-13/h2-9,11H,10H2,1H3,(H,18,21)(H,20,22)/b19-11-. The quantitative estimate of drug-likeness (QED) is 0.486. The summed E-state index contributed by atoms with van der Waals surface area (Å²) in [5.74, 6) is -0.875. The molecule has 1 aromatic carbocycles. The fourth-order valence-electron chi connectivity index (χ4n) is 1.67. The third-order valence-corrected chi connectivity index (χ3v) is 2.88. The molecule has 2 amide bonds. The number of aromatic nitrogens is 1. The minimum absolute atomic E-state index is 0.224. The van der Waals surface area contributed by atoms with Crippen molar-refractivity contribution in [2.75, 3.05) is 7.11 Å². The van der Waals surface area contributed by atoms with Crippen LogP contribution in [0, 0.1) is 0 Å². The Morgan fingerprint density at radius 2 is 2.00 bits per heavy atom. The molecule has 7 nitrogen and oxygen atoms in total. The Balaban J connectivity index is 1.79. The monoisotopic (exact) mass is 312 g/mol. The Kier molecular flexibility index (Phi) is 5.81. The van der Waals surface area contributed by atoms with Gasteiger partial charge >= 0.3 is 11.8 Å². The molecule has 0 radical (unpaired) electrons. The molecular weight excluding hydrogens is 296 g/mol. The molecule has 0 spiro atoms. The molecular formula is C16H16N4O3. The van der Waals surface area contributed by atoms with E-state index in [-0.39, 0.29) is 6.54 Å². The molecule has 0 bridgehead atoms. The molecule has 0 unspecified atom stereocenters. The molecule has 1 aromatic heterocycles. The normalized spacial score (nSPS) is 10.3. The van der Waals surface area contributed by atoms with Gasteiger partial charge in [0.05, 0.1) is 13.3 Å². The van der Waals surface area contributed by atoms with Gasteiger partial charge in [-0.2, -0.15) is 5.10 Å². The molecule has 23 heavy (non-hydrogen) atoms. The Labute approximate surface area is 133 Å². The number of hydrogen-bond donors (Lipinski definition) is 2. The van der Waals surface area contributed by atoms with Crippen molar-refractivity contribution in [3.8, 4) is 5.75 Å². The van der Waals surface area contributed by atoms with Crippen molar-refractivity contribution in [2.45, 2.75) is 6.54 Å². The maximum absolute atomic E-state index is 11.6. The Morgan fingerprint density at radius 3 is 2.65 bits per heavy atom. The number of carbonyl (C=O) groups is 2. The van der Waals surface area contributed by atoms with Crippen LogP contribution in [-0.2, 0) is 16.1 Å². The van der Waals surface area contributed by atoms with Gasteiger partial charge in [-0.05, 0) is 41.5 Å². The maximum atomic E-state index is 11.6. The van der Waals surface area contributed by atoms with Crippen LogP contribution in [0.4, 0.5) is 0 Å². The maximum Gasteiger partial charge on any atom is 0.329 e. The van der Waals surface area contributed by atoms with Crippen LogP contribution < -0.4 is 15.5 Å². The summed E-state index contributed by atoms with van der Waals surface area (Å²) in [5, 5.41) is 6.22. The van der Waals surface area contributed by atoms with Crippen molar-refractivity contribution < 1.29 is 14.3 Å². The molecule has 0 aliphatic heterocycles. The van der Waals surface area contributed by atoms with Crippen molar-refractivity contribution >= 4 is 18.0 Å². The molecule has 0 aliphatic rings. The molecule has 0 fully saturated rings. The average Bonchev–Trinajstić information content (AvgIpc) is 2.61. The van der Waals surface area contributed by atoms with Crippen molar-refractivity contribution in [1.29, 1.82) is 0 Å². The average molecular weight is 312 g/mol. The number of ether oxygens (including phenoxy) is 1. The molecule has 0 saturated heterocycles. The van der Waals surface area contributed by atoms with E-state index < -0.39 is 11.8 Å². The van der Waals surface area contributed by atoms with Crippen LogP contribution in [0.25, 0.3) is 0 Å². The predicted molar refractivity (Wildman–Crippen MR) is 84.8 cm³/mol. The van der Waals surface area contributed by atoms with E-state index in [4.69, 9.17) is 4.74 Å². The van der Waals surface area contributed by atoms with Gasteiger partial charge in [-0.25, -0.2) is 5.43 Å². The summed E-state index contributed by atoms with van der Waals surface area (Å²) < 4.78 is 5.04.